The third-order valence-electron chi connectivity index (χ3n) is 3.99. The van der Waals surface area contributed by atoms with Crippen molar-refractivity contribution in [1.29, 1.82) is 0 Å². The summed E-state index contributed by atoms with van der Waals surface area (Å²) in [7, 11) is 3.68. The van der Waals surface area contributed by atoms with Crippen molar-refractivity contribution in [1.82, 2.24) is 9.80 Å². The van der Waals surface area contributed by atoms with Crippen molar-refractivity contribution < 1.29 is 9.53 Å². The van der Waals surface area contributed by atoms with Gasteiger partial charge in [0.1, 0.15) is 5.75 Å². The zero-order chi connectivity index (χ0) is 14.7. The van der Waals surface area contributed by atoms with Crippen molar-refractivity contribution in [2.24, 2.45) is 0 Å². The Kier molecular flexibility index (Phi) is 4.49. The number of nitrogens with zero attached hydrogens (tertiary/aromatic N) is 2. The van der Waals surface area contributed by atoms with Crippen LogP contribution in [0, 0.1) is 0 Å². The third-order valence-corrected chi connectivity index (χ3v) is 3.99. The Labute approximate surface area is 120 Å². The molecule has 110 valence electrons. The third kappa shape index (κ3) is 2.88. The topological polar surface area (TPSA) is 58.8 Å². The highest BCUT2D eigenvalue weighted by Gasteiger charge is 2.28. The molecule has 0 bridgehead atoms. The number of carbonyl (C=O) groups excluding carboxylic acids is 1. The molecule has 5 nitrogen and oxygen atoms in total. The summed E-state index contributed by atoms with van der Waals surface area (Å²) < 4.78 is 5.27. The summed E-state index contributed by atoms with van der Waals surface area (Å²) in [5, 5.41) is 0. The van der Waals surface area contributed by atoms with Gasteiger partial charge in [0.2, 0.25) is 0 Å². The molecule has 1 fully saturated rings. The van der Waals surface area contributed by atoms with Crippen LogP contribution in [-0.4, -0.2) is 55.5 Å². The van der Waals surface area contributed by atoms with Crippen LogP contribution in [0.1, 0.15) is 23.7 Å². The first kappa shape index (κ1) is 14.7. The number of likely N-dealkylation sites (N-methyl/N-ethyl adjacent to an activating group) is 1. The minimum Gasteiger partial charge on any atom is -0.496 e. The molecule has 1 aromatic carbocycles. The van der Waals surface area contributed by atoms with Crippen molar-refractivity contribution in [3.63, 3.8) is 0 Å². The first-order valence-electron chi connectivity index (χ1n) is 6.99. The van der Waals surface area contributed by atoms with Gasteiger partial charge in [0.25, 0.3) is 5.91 Å². The van der Waals surface area contributed by atoms with Crippen molar-refractivity contribution in [2.45, 2.75) is 19.4 Å². The SMILES string of the molecule is CCC1CN(C(=O)c2cc(N)ccc2OC)CCN1C. The van der Waals surface area contributed by atoms with Gasteiger partial charge in [-0.1, -0.05) is 6.92 Å². The molecule has 0 radical (unpaired) electrons. The predicted molar refractivity (Wildman–Crippen MR) is 80.0 cm³/mol. The number of methoxy groups -OCH3 is 1. The van der Waals surface area contributed by atoms with Crippen molar-refractivity contribution in [2.75, 3.05) is 39.5 Å². The smallest absolute Gasteiger partial charge is 0.257 e. The summed E-state index contributed by atoms with van der Waals surface area (Å²) in [5.74, 6) is 0.580. The van der Waals surface area contributed by atoms with Crippen LogP contribution in [0.3, 0.4) is 0 Å². The molecule has 2 rings (SSSR count). The van der Waals surface area contributed by atoms with Crippen LogP contribution in [-0.2, 0) is 0 Å². The molecule has 1 amide bonds. The zero-order valence-electron chi connectivity index (χ0n) is 12.4. The Balaban J connectivity index is 2.21. The van der Waals surface area contributed by atoms with Crippen LogP contribution in [0.4, 0.5) is 5.69 Å². The summed E-state index contributed by atoms with van der Waals surface area (Å²) in [5.41, 5.74) is 6.92. The molecule has 1 aliphatic rings. The van der Waals surface area contributed by atoms with Crippen molar-refractivity contribution in [3.8, 4) is 5.75 Å². The van der Waals surface area contributed by atoms with Crippen molar-refractivity contribution >= 4 is 11.6 Å². The number of hydrogen-bond acceptors (Lipinski definition) is 4. The van der Waals surface area contributed by atoms with Crippen LogP contribution < -0.4 is 10.5 Å². The summed E-state index contributed by atoms with van der Waals surface area (Å²) in [6, 6.07) is 5.60. The zero-order valence-corrected chi connectivity index (χ0v) is 12.4. The minimum absolute atomic E-state index is 0.000648. The molecule has 0 aromatic heterocycles. The second kappa shape index (κ2) is 6.13. The molecule has 5 heteroatoms. The molecular weight excluding hydrogens is 254 g/mol. The lowest BCUT2D eigenvalue weighted by molar-refractivity contribution is 0.0539. The van der Waals surface area contributed by atoms with E-state index in [-0.39, 0.29) is 5.91 Å². The fourth-order valence-corrected chi connectivity index (χ4v) is 2.63. The average Bonchev–Trinajstić information content (AvgIpc) is 2.47. The summed E-state index contributed by atoms with van der Waals surface area (Å²) in [6.45, 7) is 4.54. The van der Waals surface area contributed by atoms with Gasteiger partial charge < -0.3 is 15.4 Å². The van der Waals surface area contributed by atoms with Gasteiger partial charge >= 0.3 is 0 Å². The highest BCUT2D eigenvalue weighted by Crippen LogP contribution is 2.24. The first-order chi connectivity index (χ1) is 9.56. The second-order valence-corrected chi connectivity index (χ2v) is 5.25. The van der Waals surface area contributed by atoms with E-state index in [0.717, 1.165) is 26.1 Å². The highest BCUT2D eigenvalue weighted by atomic mass is 16.5. The van der Waals surface area contributed by atoms with E-state index in [1.54, 1.807) is 25.3 Å². The van der Waals surface area contributed by atoms with Gasteiger partial charge in [0.05, 0.1) is 12.7 Å². The molecule has 1 atom stereocenters. The molecule has 2 N–H and O–H groups in total. The van der Waals surface area contributed by atoms with Gasteiger partial charge in [0.15, 0.2) is 0 Å². The number of piperazine rings is 1. The lowest BCUT2D eigenvalue weighted by atomic mass is 10.1. The standard InChI is InChI=1S/C15H23N3O2/c1-4-12-10-18(8-7-17(12)2)15(19)13-9-11(16)5-6-14(13)20-3/h5-6,9,12H,4,7-8,10,16H2,1-3H3. The van der Waals surface area contributed by atoms with Gasteiger partial charge in [0, 0.05) is 31.4 Å². The van der Waals surface area contributed by atoms with E-state index in [2.05, 4.69) is 18.9 Å². The maximum atomic E-state index is 12.7. The Hall–Kier alpha value is -1.75. The van der Waals surface area contributed by atoms with Crippen LogP contribution in [0.5, 0.6) is 5.75 Å². The number of amides is 1. The van der Waals surface area contributed by atoms with E-state index < -0.39 is 0 Å². The van der Waals surface area contributed by atoms with Crippen LogP contribution >= 0.6 is 0 Å². The van der Waals surface area contributed by atoms with E-state index in [1.807, 2.05) is 4.90 Å². The Morgan fingerprint density at radius 3 is 2.85 bits per heavy atom. The fraction of sp³-hybridized carbons (Fsp3) is 0.533. The number of anilines is 1. The second-order valence-electron chi connectivity index (χ2n) is 5.25. The fourth-order valence-electron chi connectivity index (χ4n) is 2.63. The number of ether oxygens (including phenoxy) is 1. The quantitative estimate of drug-likeness (QED) is 0.849. The maximum absolute atomic E-state index is 12.7. The Morgan fingerprint density at radius 1 is 1.45 bits per heavy atom. The Morgan fingerprint density at radius 2 is 2.20 bits per heavy atom. The van der Waals surface area contributed by atoms with Gasteiger partial charge in [-0.2, -0.15) is 0 Å². The molecule has 1 aliphatic heterocycles. The molecule has 0 spiro atoms. The Bertz CT molecular complexity index is 490. The van der Waals surface area contributed by atoms with E-state index in [1.165, 1.54) is 0 Å². The minimum atomic E-state index is 0.000648. The summed E-state index contributed by atoms with van der Waals surface area (Å²) in [4.78, 5) is 16.9. The van der Waals surface area contributed by atoms with E-state index in [0.29, 0.717) is 23.0 Å². The predicted octanol–water partition coefficient (Wildman–Crippen LogP) is 1.44. The highest BCUT2D eigenvalue weighted by molar-refractivity contribution is 5.98. The average molecular weight is 277 g/mol. The molecule has 20 heavy (non-hydrogen) atoms. The van der Waals surface area contributed by atoms with Gasteiger partial charge in [-0.15, -0.1) is 0 Å². The molecule has 1 saturated heterocycles. The number of carbonyl (C=O) groups is 1. The van der Waals surface area contributed by atoms with E-state index in [4.69, 9.17) is 10.5 Å². The summed E-state index contributed by atoms with van der Waals surface area (Å²) in [6.07, 6.45) is 1.04. The lowest BCUT2D eigenvalue weighted by Gasteiger charge is -2.39. The molecule has 0 saturated carbocycles. The van der Waals surface area contributed by atoms with Crippen molar-refractivity contribution in [3.05, 3.63) is 23.8 Å². The van der Waals surface area contributed by atoms with E-state index in [9.17, 15) is 4.79 Å². The number of nitrogens with two attached hydrogens (primary N) is 1. The normalized spacial score (nSPS) is 19.9. The largest absolute Gasteiger partial charge is 0.496 e. The van der Waals surface area contributed by atoms with Crippen LogP contribution in [0.2, 0.25) is 0 Å². The molecular formula is C15H23N3O2. The number of nitrogen functional groups attached to an aromatic ring is 1. The number of rotatable bonds is 3. The monoisotopic (exact) mass is 277 g/mol. The maximum Gasteiger partial charge on any atom is 0.257 e. The number of benzene rings is 1. The molecule has 1 aromatic rings. The number of hydrogen-bond donors (Lipinski definition) is 1. The molecule has 1 unspecified atom stereocenters. The van der Waals surface area contributed by atoms with Gasteiger partial charge in [-0.05, 0) is 31.7 Å². The first-order valence-corrected chi connectivity index (χ1v) is 6.99. The van der Waals surface area contributed by atoms with Gasteiger partial charge in [-0.25, -0.2) is 0 Å². The van der Waals surface area contributed by atoms with E-state index >= 15 is 0 Å². The van der Waals surface area contributed by atoms with Crippen LogP contribution in [0.25, 0.3) is 0 Å². The lowest BCUT2D eigenvalue weighted by Crippen LogP contribution is -2.53. The summed E-state index contributed by atoms with van der Waals surface area (Å²) >= 11 is 0. The van der Waals surface area contributed by atoms with Gasteiger partial charge in [-0.3, -0.25) is 9.69 Å². The molecule has 1 heterocycles. The molecule has 0 aliphatic carbocycles. The van der Waals surface area contributed by atoms with Crippen LogP contribution in [0.15, 0.2) is 18.2 Å².